The number of nitrogens with zero attached hydrogens (tertiary/aromatic N) is 1. The molecule has 0 spiro atoms. The van der Waals surface area contributed by atoms with Crippen LogP contribution in [0.1, 0.15) is 37.6 Å². The second kappa shape index (κ2) is 4.50. The molecule has 0 unspecified atom stereocenters. The van der Waals surface area contributed by atoms with Crippen LogP contribution in [-0.2, 0) is 0 Å². The molecule has 0 amide bonds. The zero-order valence-corrected chi connectivity index (χ0v) is 10.5. The fraction of sp³-hybridized carbons (Fsp3) is 0.455. The van der Waals surface area contributed by atoms with Crippen LogP contribution in [0.4, 0.5) is 0 Å². The van der Waals surface area contributed by atoms with Crippen LogP contribution in [0.15, 0.2) is 12.1 Å². The zero-order valence-electron chi connectivity index (χ0n) is 8.97. The van der Waals surface area contributed by atoms with Crippen molar-refractivity contribution in [3.8, 4) is 0 Å². The van der Waals surface area contributed by atoms with E-state index in [0.717, 1.165) is 0 Å². The molecule has 0 saturated carbocycles. The lowest BCUT2D eigenvalue weighted by molar-refractivity contribution is 0.0939. The molecule has 0 radical (unpaired) electrons. The van der Waals surface area contributed by atoms with Crippen LogP contribution in [0, 0.1) is 5.41 Å². The Morgan fingerprint density at radius 1 is 1.33 bits per heavy atom. The molecule has 0 aliphatic carbocycles. The van der Waals surface area contributed by atoms with Crippen molar-refractivity contribution in [2.75, 3.05) is 0 Å². The fourth-order valence-corrected chi connectivity index (χ4v) is 1.65. The molecule has 2 nitrogen and oxygen atoms in total. The summed E-state index contributed by atoms with van der Waals surface area (Å²) < 4.78 is 0. The highest BCUT2D eigenvalue weighted by Crippen LogP contribution is 2.24. The molecule has 15 heavy (non-hydrogen) atoms. The van der Waals surface area contributed by atoms with Gasteiger partial charge in [0, 0.05) is 6.42 Å². The van der Waals surface area contributed by atoms with Crippen LogP contribution in [0.2, 0.25) is 10.3 Å². The lowest BCUT2D eigenvalue weighted by atomic mass is 9.88. The van der Waals surface area contributed by atoms with E-state index >= 15 is 0 Å². The Bertz CT molecular complexity index is 383. The van der Waals surface area contributed by atoms with Gasteiger partial charge < -0.3 is 0 Å². The summed E-state index contributed by atoms with van der Waals surface area (Å²) in [7, 11) is 0. The number of carbonyl (C=O) groups excluding carboxylic acids is 1. The molecule has 0 aliphatic heterocycles. The number of rotatable bonds is 2. The Hall–Kier alpha value is -0.600. The Kier molecular flexibility index (Phi) is 3.74. The first-order valence-electron chi connectivity index (χ1n) is 4.65. The Morgan fingerprint density at radius 2 is 1.93 bits per heavy atom. The summed E-state index contributed by atoms with van der Waals surface area (Å²) in [4.78, 5) is 15.7. The average Bonchev–Trinajstić information content (AvgIpc) is 1.99. The van der Waals surface area contributed by atoms with Crippen molar-refractivity contribution in [3.05, 3.63) is 28.0 Å². The second-order valence-electron chi connectivity index (χ2n) is 4.63. The highest BCUT2D eigenvalue weighted by atomic mass is 35.5. The van der Waals surface area contributed by atoms with Crippen molar-refractivity contribution in [3.63, 3.8) is 0 Å². The standard InChI is InChI=1S/C11H13Cl2NO/c1-11(2,3)6-8(15)7-4-5-9(12)14-10(7)13/h4-5H,6H2,1-3H3. The van der Waals surface area contributed by atoms with E-state index in [0.29, 0.717) is 17.1 Å². The molecule has 0 N–H and O–H groups in total. The molecule has 0 aromatic carbocycles. The van der Waals surface area contributed by atoms with Crippen LogP contribution in [0.3, 0.4) is 0 Å². The third kappa shape index (κ3) is 3.80. The largest absolute Gasteiger partial charge is 0.294 e. The fourth-order valence-electron chi connectivity index (χ4n) is 1.20. The minimum atomic E-state index is -0.0555. The third-order valence-electron chi connectivity index (χ3n) is 1.81. The molecule has 4 heteroatoms. The van der Waals surface area contributed by atoms with Gasteiger partial charge >= 0.3 is 0 Å². The average molecular weight is 246 g/mol. The van der Waals surface area contributed by atoms with Crippen molar-refractivity contribution in [2.45, 2.75) is 27.2 Å². The lowest BCUT2D eigenvalue weighted by Crippen LogP contribution is -2.13. The van der Waals surface area contributed by atoms with Gasteiger partial charge in [0.2, 0.25) is 0 Å². The molecule has 0 aliphatic rings. The first kappa shape index (κ1) is 12.5. The molecular formula is C11H13Cl2NO. The molecule has 0 bridgehead atoms. The summed E-state index contributed by atoms with van der Waals surface area (Å²) in [6, 6.07) is 3.19. The molecule has 1 aromatic rings. The zero-order chi connectivity index (χ0) is 11.6. The van der Waals surface area contributed by atoms with Crippen molar-refractivity contribution in [1.82, 2.24) is 4.98 Å². The highest BCUT2D eigenvalue weighted by Gasteiger charge is 2.19. The van der Waals surface area contributed by atoms with Crippen LogP contribution in [-0.4, -0.2) is 10.8 Å². The number of pyridine rings is 1. The molecule has 82 valence electrons. The molecule has 1 heterocycles. The van der Waals surface area contributed by atoms with E-state index in [1.54, 1.807) is 12.1 Å². The van der Waals surface area contributed by atoms with Gasteiger partial charge in [0.25, 0.3) is 0 Å². The van der Waals surface area contributed by atoms with Crippen LogP contribution in [0.5, 0.6) is 0 Å². The first-order valence-corrected chi connectivity index (χ1v) is 5.40. The van der Waals surface area contributed by atoms with E-state index in [-0.39, 0.29) is 16.4 Å². The minimum Gasteiger partial charge on any atom is -0.294 e. The molecular weight excluding hydrogens is 233 g/mol. The smallest absolute Gasteiger partial charge is 0.166 e. The predicted molar refractivity (Wildman–Crippen MR) is 62.7 cm³/mol. The number of carbonyl (C=O) groups is 1. The number of hydrogen-bond acceptors (Lipinski definition) is 2. The van der Waals surface area contributed by atoms with Gasteiger partial charge in [-0.3, -0.25) is 4.79 Å². The van der Waals surface area contributed by atoms with E-state index < -0.39 is 0 Å². The monoisotopic (exact) mass is 245 g/mol. The van der Waals surface area contributed by atoms with Crippen LogP contribution in [0.25, 0.3) is 0 Å². The Labute approximate surface area is 99.6 Å². The van der Waals surface area contributed by atoms with Crippen LogP contribution < -0.4 is 0 Å². The first-order chi connectivity index (χ1) is 6.79. The maximum Gasteiger partial charge on any atom is 0.166 e. The summed E-state index contributed by atoms with van der Waals surface area (Å²) in [5.74, 6) is -0.00309. The van der Waals surface area contributed by atoms with Gasteiger partial charge in [0.15, 0.2) is 5.78 Å². The van der Waals surface area contributed by atoms with Gasteiger partial charge in [-0.25, -0.2) is 4.98 Å². The van der Waals surface area contributed by atoms with E-state index in [1.165, 1.54) is 0 Å². The van der Waals surface area contributed by atoms with Gasteiger partial charge in [0.05, 0.1) is 5.56 Å². The summed E-state index contributed by atoms with van der Waals surface area (Å²) in [6.07, 6.45) is 0.441. The molecule has 1 rings (SSSR count). The third-order valence-corrected chi connectivity index (χ3v) is 2.30. The number of hydrogen-bond donors (Lipinski definition) is 0. The van der Waals surface area contributed by atoms with Gasteiger partial charge in [0.1, 0.15) is 10.3 Å². The topological polar surface area (TPSA) is 30.0 Å². The Balaban J connectivity index is 2.92. The quantitative estimate of drug-likeness (QED) is 0.583. The van der Waals surface area contributed by atoms with E-state index in [1.807, 2.05) is 20.8 Å². The number of Topliss-reactive ketones (excluding diaryl/α,β-unsaturated/α-hetero) is 1. The maximum atomic E-state index is 11.8. The predicted octanol–water partition coefficient (Wildman–Crippen LogP) is 4.01. The summed E-state index contributed by atoms with van der Waals surface area (Å²) in [5, 5.41) is 0.476. The lowest BCUT2D eigenvalue weighted by Gasteiger charge is -2.16. The van der Waals surface area contributed by atoms with Gasteiger partial charge in [-0.1, -0.05) is 44.0 Å². The minimum absolute atomic E-state index is 0.00309. The van der Waals surface area contributed by atoms with Crippen molar-refractivity contribution < 1.29 is 4.79 Å². The molecule has 1 aromatic heterocycles. The van der Waals surface area contributed by atoms with Gasteiger partial charge in [-0.2, -0.15) is 0 Å². The molecule has 0 atom stereocenters. The normalized spacial score (nSPS) is 11.5. The molecule has 0 fully saturated rings. The highest BCUT2D eigenvalue weighted by molar-refractivity contribution is 6.34. The second-order valence-corrected chi connectivity index (χ2v) is 5.38. The summed E-state index contributed by atoms with van der Waals surface area (Å²) in [5.41, 5.74) is 0.385. The Morgan fingerprint density at radius 3 is 2.40 bits per heavy atom. The van der Waals surface area contributed by atoms with Crippen molar-refractivity contribution in [1.29, 1.82) is 0 Å². The summed E-state index contributed by atoms with van der Waals surface area (Å²) >= 11 is 11.5. The van der Waals surface area contributed by atoms with E-state index in [4.69, 9.17) is 23.2 Å². The van der Waals surface area contributed by atoms with E-state index in [2.05, 4.69) is 4.98 Å². The number of halogens is 2. The van der Waals surface area contributed by atoms with Gasteiger partial charge in [-0.15, -0.1) is 0 Å². The summed E-state index contributed by atoms with van der Waals surface area (Å²) in [6.45, 7) is 6.01. The molecule has 0 saturated heterocycles. The van der Waals surface area contributed by atoms with Gasteiger partial charge in [-0.05, 0) is 17.5 Å². The SMILES string of the molecule is CC(C)(C)CC(=O)c1ccc(Cl)nc1Cl. The van der Waals surface area contributed by atoms with Crippen molar-refractivity contribution in [2.24, 2.45) is 5.41 Å². The van der Waals surface area contributed by atoms with E-state index in [9.17, 15) is 4.79 Å². The number of ketones is 1. The maximum absolute atomic E-state index is 11.8. The van der Waals surface area contributed by atoms with Crippen LogP contribution >= 0.6 is 23.2 Å². The number of aromatic nitrogens is 1. The van der Waals surface area contributed by atoms with Crippen molar-refractivity contribution >= 4 is 29.0 Å².